The fourth-order valence-electron chi connectivity index (χ4n) is 13.6. The normalized spacial score (nSPS) is 15.5. The van der Waals surface area contributed by atoms with Crippen molar-refractivity contribution in [3.05, 3.63) is 242 Å². The fraction of sp³-hybridized carbons (Fsp3) is 0.551. The van der Waals surface area contributed by atoms with Crippen molar-refractivity contribution < 1.29 is 183 Å². The van der Waals surface area contributed by atoms with Gasteiger partial charge in [-0.2, -0.15) is 111 Å². The number of anilines is 3. The van der Waals surface area contributed by atoms with Crippen LogP contribution in [0, 0.1) is 64.5 Å². The Morgan fingerprint density at radius 1 is 0.408 bits per heavy atom. The van der Waals surface area contributed by atoms with E-state index in [2.05, 4.69) is 383 Å². The van der Waals surface area contributed by atoms with Crippen molar-refractivity contribution in [1.29, 1.82) is 0 Å². The molecule has 130 heavy (non-hydrogen) atoms. The van der Waals surface area contributed by atoms with Crippen LogP contribution < -0.4 is 52.0 Å². The number of piperazine rings is 2. The average molecular weight is 2170 g/mol. The van der Waals surface area contributed by atoms with Crippen LogP contribution in [0.1, 0.15) is 297 Å². The second kappa shape index (κ2) is 69.6. The van der Waals surface area contributed by atoms with Crippen molar-refractivity contribution in [3.8, 4) is 16.9 Å². The molecule has 18 nitrogen and oxygen atoms in total. The number of hydrogen-bond acceptors (Lipinski definition) is 14. The number of carbonyl (C=O) groups excluding carboxylic acids is 3. The minimum atomic E-state index is -0.0722. The molecule has 4 saturated heterocycles. The maximum Gasteiger partial charge on any atom is 0.253 e. The van der Waals surface area contributed by atoms with Crippen LogP contribution in [0.4, 0.5) is 17.1 Å². The standard InChI is InChI=1S/C19H25N2O.C18H28N3O.C18H30N3.C16H24N3O.C16H23N2O2.5C4H9.5Y/c1-6-21-12-11-17(13-18(21)22)16-9-7-15(8-10-16)14(2)20-19(3,4)5;1-14(19-18(3,4)5)16-6-8-17(9-7-16)21-12-10-20(11-13-21)15(2)22;1-6-20-11-13-21(14-12-20)17-9-7-16(8-10-17)15(2)19-18(3,4)5;1-16(2,3)18-14-9-10-19(11-14)15(20)12-5-7-13(17-4)8-6-12;1-16(2,3)17-13-9-10-18(11-13)15(19)12-5-7-14(20-4)8-6-12;5*1-4(2)3;;;;;/h7-14,20H,1,6H2,2-5H3;6-9,14,19H,2,10-13H2,1,3-5H3;7-10,15,19H,1,6,11-14H2,2-5H3;5-8,14,17-18H,4,9-11H2,1-3H3;5-8,13,17H,4,9-11H2,1-3H3;5*1-3H3;;;;;/q10*-1;;;;;/t2*14-;15-;;;;;;;;;;;;/m111............/s1. The Balaban J connectivity index is -0.000000470. The molecule has 4 aliphatic rings. The number of amides is 3. The first-order chi connectivity index (χ1) is 57.9. The molecule has 0 spiro atoms. The SMILES string of the molecule is C[C-](C)C.C[C-](C)C.C[C-](C)C.C[C-](C)C.C[C-](C)C.[CH2-]C(=O)N1CCN(c2ccc([C@@H](C)NC(C)(C)C)cc2)CC1.[CH2-]CN1CCN(c2ccc([C@@H](C)NC(C)(C)C)cc2)CC1.[CH2-]Cn1ccc(-c2ccc([C@@H](C)NC(C)(C)C)cc2)cc1=O.[CH2-]Nc1ccc(C(=O)N2CCC(NC(C)(C)C)C2)cc1.[CH2-]Oc1ccc(C(=O)N2CCC(NC(C)(C)C)C2)cc1.[Y].[Y].[Y].[Y].[Y]. The number of carbonyl (C=O) groups is 3. The molecule has 23 heteroatoms. The van der Waals surface area contributed by atoms with E-state index in [0.29, 0.717) is 42.0 Å². The van der Waals surface area contributed by atoms with Crippen LogP contribution in [0.5, 0.6) is 5.75 Å². The predicted molar refractivity (Wildman–Crippen MR) is 540 cm³/mol. The fourth-order valence-corrected chi connectivity index (χ4v) is 13.6. The number of nitrogens with one attached hydrogen (secondary N) is 6. The molecule has 0 saturated carbocycles. The number of rotatable bonds is 17. The van der Waals surface area contributed by atoms with Gasteiger partial charge in [-0.05, 0) is 244 Å². The van der Waals surface area contributed by atoms with E-state index in [1.54, 1.807) is 46.0 Å². The zero-order valence-electron chi connectivity index (χ0n) is 87.6. The Labute approximate surface area is 922 Å². The Hall–Kier alpha value is -2.19. The summed E-state index contributed by atoms with van der Waals surface area (Å²) < 4.78 is 6.45. The molecule has 723 valence electrons. The quantitative estimate of drug-likeness (QED) is 0.0476. The summed E-state index contributed by atoms with van der Waals surface area (Å²) in [4.78, 5) is 60.8. The smallest absolute Gasteiger partial charge is 0.253 e. The summed E-state index contributed by atoms with van der Waals surface area (Å²) in [6.07, 6.45) is 3.81. The zero-order chi connectivity index (χ0) is 95.5. The third-order valence-corrected chi connectivity index (χ3v) is 18.6. The second-order valence-corrected chi connectivity index (χ2v) is 41.0. The van der Waals surface area contributed by atoms with Crippen molar-refractivity contribution >= 4 is 34.8 Å². The van der Waals surface area contributed by atoms with Gasteiger partial charge in [0.25, 0.3) is 11.8 Å². The summed E-state index contributed by atoms with van der Waals surface area (Å²) in [5, 5.41) is 20.7. The van der Waals surface area contributed by atoms with Crippen molar-refractivity contribution in [3.63, 3.8) is 0 Å². The van der Waals surface area contributed by atoms with Crippen LogP contribution in [0.3, 0.4) is 0 Å². The number of aromatic nitrogens is 1. The van der Waals surface area contributed by atoms with E-state index in [1.807, 2.05) is 40.1 Å². The van der Waals surface area contributed by atoms with Crippen LogP contribution in [0.15, 0.2) is 144 Å². The van der Waals surface area contributed by atoms with Gasteiger partial charge in [0.15, 0.2) is 0 Å². The Bertz CT molecular complexity index is 3810. The maximum absolute atomic E-state index is 12.4. The van der Waals surface area contributed by atoms with Crippen LogP contribution in [-0.2, 0) is 175 Å². The van der Waals surface area contributed by atoms with Crippen LogP contribution in [-0.4, -0.2) is 167 Å². The Morgan fingerprint density at radius 3 is 0.985 bits per heavy atom. The topological polar surface area (TPSA) is 174 Å². The summed E-state index contributed by atoms with van der Waals surface area (Å²) in [6.45, 7) is 93.8. The van der Waals surface area contributed by atoms with Crippen LogP contribution in [0.25, 0.3) is 11.1 Å². The molecule has 4 aliphatic heterocycles. The van der Waals surface area contributed by atoms with Gasteiger partial charge in [-0.25, -0.2) is 0 Å². The molecule has 6 aromatic rings. The van der Waals surface area contributed by atoms with Gasteiger partial charge >= 0.3 is 0 Å². The van der Waals surface area contributed by atoms with Gasteiger partial charge in [0.05, 0.1) is 11.7 Å². The monoisotopic (exact) mass is 2170 g/mol. The number of hydrogen-bond donors (Lipinski definition) is 6. The summed E-state index contributed by atoms with van der Waals surface area (Å²) in [7, 11) is 6.95. The Kier molecular flexibility index (Phi) is 73.0. The molecule has 1 aromatic heterocycles. The molecular formula is C107H175N13O5Y5-10. The van der Waals surface area contributed by atoms with Crippen molar-refractivity contribution in [2.75, 3.05) is 100 Å². The second-order valence-electron chi connectivity index (χ2n) is 41.0. The van der Waals surface area contributed by atoms with Gasteiger partial charge in [-0.3, -0.25) is 21.4 Å². The summed E-state index contributed by atoms with van der Waals surface area (Å²) in [5.74, 6) is 7.87. The first-order valence-electron chi connectivity index (χ1n) is 45.3. The van der Waals surface area contributed by atoms with Gasteiger partial charge in [0.2, 0.25) is 5.56 Å². The van der Waals surface area contributed by atoms with Gasteiger partial charge in [0.1, 0.15) is 0 Å². The largest absolute Gasteiger partial charge is 0.665 e. The first-order valence-corrected chi connectivity index (χ1v) is 45.3. The van der Waals surface area contributed by atoms with Crippen molar-refractivity contribution in [2.45, 2.75) is 306 Å². The van der Waals surface area contributed by atoms with Crippen molar-refractivity contribution in [2.24, 2.45) is 0 Å². The van der Waals surface area contributed by atoms with Crippen molar-refractivity contribution in [1.82, 2.24) is 50.8 Å². The zero-order valence-corrected chi connectivity index (χ0v) is 102. The molecule has 5 radical (unpaired) electrons. The molecule has 5 aromatic carbocycles. The van der Waals surface area contributed by atoms with Gasteiger partial charge in [-0.15, -0.1) is 13.1 Å². The van der Waals surface area contributed by atoms with E-state index >= 15 is 0 Å². The number of pyridine rings is 1. The molecule has 6 N–H and O–H groups in total. The van der Waals surface area contributed by atoms with E-state index in [4.69, 9.17) is 4.74 Å². The van der Waals surface area contributed by atoms with Gasteiger partial charge < -0.3 is 126 Å². The molecule has 0 bridgehead atoms. The number of benzene rings is 5. The first kappa shape index (κ1) is 136. The number of nitrogens with zero attached hydrogens (tertiary/aromatic N) is 7. The van der Waals surface area contributed by atoms with Crippen LogP contribution in [0.2, 0.25) is 0 Å². The van der Waals surface area contributed by atoms with E-state index in [1.165, 1.54) is 57.7 Å². The van der Waals surface area contributed by atoms with Crippen LogP contribution >= 0.6 is 0 Å². The third-order valence-electron chi connectivity index (χ3n) is 18.6. The van der Waals surface area contributed by atoms with E-state index in [9.17, 15) is 19.2 Å². The summed E-state index contributed by atoms with van der Waals surface area (Å²) in [5.41, 5.74) is 11.3. The van der Waals surface area contributed by atoms with E-state index < -0.39 is 0 Å². The summed E-state index contributed by atoms with van der Waals surface area (Å²) >= 11 is 0. The number of ether oxygens (including phenoxy) is 1. The molecule has 5 heterocycles. The molecule has 3 amide bonds. The average Bonchev–Trinajstić information content (AvgIpc) is 1.44. The molecule has 5 atom stereocenters. The van der Waals surface area contributed by atoms with E-state index in [0.717, 1.165) is 120 Å². The third kappa shape index (κ3) is 63.4. The molecular weight excluding hydrogens is 1990 g/mol. The minimum Gasteiger partial charge on any atom is -0.665 e. The molecule has 10 rings (SSSR count). The molecule has 4 fully saturated rings. The molecule has 2 unspecified atom stereocenters. The Morgan fingerprint density at radius 2 is 0.715 bits per heavy atom. The van der Waals surface area contributed by atoms with E-state index in [-0.39, 0.29) is 221 Å². The minimum absolute atomic E-state index is 0. The molecule has 0 aliphatic carbocycles. The van der Waals surface area contributed by atoms with Gasteiger partial charge in [0, 0.05) is 340 Å². The maximum atomic E-state index is 12.4. The summed E-state index contributed by atoms with van der Waals surface area (Å²) in [6, 6.07) is 46.1. The predicted octanol–water partition coefficient (Wildman–Crippen LogP) is 22.6. The van der Waals surface area contributed by atoms with Gasteiger partial charge in [-0.1, -0.05) is 48.5 Å². The number of likely N-dealkylation sites (tertiary alicyclic amines) is 2.